The zero-order valence-corrected chi connectivity index (χ0v) is 15.9. The zero-order valence-electron chi connectivity index (χ0n) is 15.9. The van der Waals surface area contributed by atoms with Crippen molar-refractivity contribution in [1.29, 1.82) is 0 Å². The second kappa shape index (κ2) is 7.88. The third-order valence-electron chi connectivity index (χ3n) is 4.62. The average Bonchev–Trinajstić information content (AvgIpc) is 3.26. The average molecular weight is 357 g/mol. The van der Waals surface area contributed by atoms with Crippen LogP contribution in [0, 0.1) is 20.8 Å². The van der Waals surface area contributed by atoms with Crippen LogP contribution >= 0.6 is 0 Å². The first-order valence-corrected chi connectivity index (χ1v) is 8.83. The van der Waals surface area contributed by atoms with Crippen molar-refractivity contribution < 1.29 is 9.52 Å². The fourth-order valence-corrected chi connectivity index (χ4v) is 3.15. The molecule has 0 saturated heterocycles. The molecule has 1 unspecified atom stereocenters. The predicted molar refractivity (Wildman–Crippen MR) is 98.5 cm³/mol. The van der Waals surface area contributed by atoms with Crippen molar-refractivity contribution in [3.05, 3.63) is 59.3 Å². The van der Waals surface area contributed by atoms with Crippen molar-refractivity contribution in [1.82, 2.24) is 24.2 Å². The van der Waals surface area contributed by atoms with E-state index in [4.69, 9.17) is 4.42 Å². The van der Waals surface area contributed by atoms with E-state index in [1.165, 1.54) is 0 Å². The third kappa shape index (κ3) is 4.42. The largest absolute Gasteiger partial charge is 0.468 e. The topological polar surface area (TPSA) is 72.2 Å². The Morgan fingerprint density at radius 1 is 1.27 bits per heavy atom. The van der Waals surface area contributed by atoms with E-state index in [1.54, 1.807) is 6.26 Å². The molecular weight excluding hydrogens is 330 g/mol. The SMILES string of the molecule is Cc1cc(C)n(CC(O)CN(Cc2ccco2)Cc2cnc(C)n2C)n1. The van der Waals surface area contributed by atoms with Crippen molar-refractivity contribution in [2.24, 2.45) is 7.05 Å². The van der Waals surface area contributed by atoms with Gasteiger partial charge < -0.3 is 14.1 Å². The van der Waals surface area contributed by atoms with Crippen molar-refractivity contribution in [2.75, 3.05) is 6.54 Å². The number of furan rings is 1. The molecule has 7 nitrogen and oxygen atoms in total. The normalized spacial score (nSPS) is 12.8. The van der Waals surface area contributed by atoms with Crippen LogP contribution < -0.4 is 0 Å². The van der Waals surface area contributed by atoms with Gasteiger partial charge in [-0.2, -0.15) is 5.10 Å². The van der Waals surface area contributed by atoms with Gasteiger partial charge in [-0.25, -0.2) is 4.98 Å². The number of rotatable bonds is 8. The van der Waals surface area contributed by atoms with Crippen LogP contribution in [-0.4, -0.2) is 42.0 Å². The molecule has 3 rings (SSSR count). The van der Waals surface area contributed by atoms with Crippen LogP contribution in [0.5, 0.6) is 0 Å². The van der Waals surface area contributed by atoms with Crippen LogP contribution in [0.25, 0.3) is 0 Å². The van der Waals surface area contributed by atoms with Gasteiger partial charge >= 0.3 is 0 Å². The molecule has 7 heteroatoms. The van der Waals surface area contributed by atoms with Gasteiger partial charge in [0.25, 0.3) is 0 Å². The van der Waals surface area contributed by atoms with Crippen LogP contribution in [0.4, 0.5) is 0 Å². The number of hydrogen-bond donors (Lipinski definition) is 1. The maximum absolute atomic E-state index is 10.6. The first kappa shape index (κ1) is 18.4. The summed E-state index contributed by atoms with van der Waals surface area (Å²) in [6, 6.07) is 5.86. The van der Waals surface area contributed by atoms with Gasteiger partial charge in [-0.15, -0.1) is 0 Å². The molecule has 3 aromatic rings. The summed E-state index contributed by atoms with van der Waals surface area (Å²) in [5, 5.41) is 15.1. The highest BCUT2D eigenvalue weighted by Crippen LogP contribution is 2.13. The summed E-state index contributed by atoms with van der Waals surface area (Å²) in [6.45, 7) is 8.26. The lowest BCUT2D eigenvalue weighted by atomic mass is 10.2. The van der Waals surface area contributed by atoms with Crippen molar-refractivity contribution >= 4 is 0 Å². The van der Waals surface area contributed by atoms with Crippen LogP contribution in [-0.2, 0) is 26.7 Å². The molecule has 0 fully saturated rings. The highest BCUT2D eigenvalue weighted by atomic mass is 16.3. The Balaban J connectivity index is 1.70. The number of aliphatic hydroxyl groups excluding tert-OH is 1. The third-order valence-corrected chi connectivity index (χ3v) is 4.62. The Morgan fingerprint density at radius 2 is 2.08 bits per heavy atom. The Bertz CT molecular complexity index is 834. The summed E-state index contributed by atoms with van der Waals surface area (Å²) in [5.41, 5.74) is 3.13. The monoisotopic (exact) mass is 357 g/mol. The molecule has 0 aliphatic carbocycles. The minimum absolute atomic E-state index is 0.471. The Labute approximate surface area is 153 Å². The minimum atomic E-state index is -0.530. The number of aromatic nitrogens is 4. The number of imidazole rings is 1. The molecular formula is C19H27N5O2. The molecule has 1 atom stereocenters. The molecule has 0 aliphatic heterocycles. The minimum Gasteiger partial charge on any atom is -0.468 e. The highest BCUT2D eigenvalue weighted by Gasteiger charge is 2.17. The van der Waals surface area contributed by atoms with E-state index in [-0.39, 0.29) is 0 Å². The molecule has 3 aromatic heterocycles. The smallest absolute Gasteiger partial charge is 0.117 e. The lowest BCUT2D eigenvalue weighted by Gasteiger charge is -2.24. The molecule has 0 amide bonds. The molecule has 140 valence electrons. The molecule has 26 heavy (non-hydrogen) atoms. The van der Waals surface area contributed by atoms with E-state index in [0.29, 0.717) is 26.2 Å². The molecule has 1 N–H and O–H groups in total. The molecule has 0 saturated carbocycles. The van der Waals surface area contributed by atoms with E-state index in [9.17, 15) is 5.11 Å². The van der Waals surface area contributed by atoms with Gasteiger partial charge in [0.1, 0.15) is 11.6 Å². The Hall–Kier alpha value is -2.38. The maximum Gasteiger partial charge on any atom is 0.117 e. The van der Waals surface area contributed by atoms with Crippen molar-refractivity contribution in [3.8, 4) is 0 Å². The molecule has 0 spiro atoms. The Kier molecular flexibility index (Phi) is 5.58. The fraction of sp³-hybridized carbons (Fsp3) is 0.474. The number of aryl methyl sites for hydroxylation is 3. The van der Waals surface area contributed by atoms with Gasteiger partial charge in [0.15, 0.2) is 0 Å². The highest BCUT2D eigenvalue weighted by molar-refractivity contribution is 5.07. The quantitative estimate of drug-likeness (QED) is 0.669. The predicted octanol–water partition coefficient (Wildman–Crippen LogP) is 2.20. The van der Waals surface area contributed by atoms with Crippen molar-refractivity contribution in [2.45, 2.75) is 46.5 Å². The summed E-state index contributed by atoms with van der Waals surface area (Å²) < 4.78 is 9.43. The maximum atomic E-state index is 10.6. The van der Waals surface area contributed by atoms with E-state index in [1.807, 2.05) is 56.9 Å². The zero-order chi connectivity index (χ0) is 18.7. The second-order valence-corrected chi connectivity index (χ2v) is 6.87. The summed E-state index contributed by atoms with van der Waals surface area (Å²) in [6.07, 6.45) is 3.03. The number of hydrogen-bond acceptors (Lipinski definition) is 5. The van der Waals surface area contributed by atoms with Gasteiger partial charge in [-0.1, -0.05) is 0 Å². The Morgan fingerprint density at radius 3 is 2.65 bits per heavy atom. The summed E-state index contributed by atoms with van der Waals surface area (Å²) in [7, 11) is 2.01. The van der Waals surface area contributed by atoms with Gasteiger partial charge in [0, 0.05) is 32.0 Å². The first-order valence-electron chi connectivity index (χ1n) is 8.83. The molecule has 0 radical (unpaired) electrons. The van der Waals surface area contributed by atoms with Gasteiger partial charge in [-0.05, 0) is 39.0 Å². The number of nitrogens with zero attached hydrogens (tertiary/aromatic N) is 5. The van der Waals surface area contributed by atoms with Crippen molar-refractivity contribution in [3.63, 3.8) is 0 Å². The van der Waals surface area contributed by atoms with E-state index >= 15 is 0 Å². The molecule has 3 heterocycles. The van der Waals surface area contributed by atoms with Crippen LogP contribution in [0.2, 0.25) is 0 Å². The van der Waals surface area contributed by atoms with E-state index < -0.39 is 6.10 Å². The van der Waals surface area contributed by atoms with Gasteiger partial charge in [0.05, 0.1) is 36.8 Å². The lowest BCUT2D eigenvalue weighted by Crippen LogP contribution is -2.35. The first-order chi connectivity index (χ1) is 12.4. The van der Waals surface area contributed by atoms with Crippen LogP contribution in [0.15, 0.2) is 35.1 Å². The van der Waals surface area contributed by atoms with E-state index in [0.717, 1.165) is 28.7 Å². The molecule has 0 aliphatic rings. The fourth-order valence-electron chi connectivity index (χ4n) is 3.15. The van der Waals surface area contributed by atoms with Gasteiger partial charge in [0.2, 0.25) is 0 Å². The van der Waals surface area contributed by atoms with E-state index in [2.05, 4.69) is 19.5 Å². The summed E-state index contributed by atoms with van der Waals surface area (Å²) in [5.74, 6) is 1.85. The lowest BCUT2D eigenvalue weighted by molar-refractivity contribution is 0.0828. The summed E-state index contributed by atoms with van der Waals surface area (Å²) in [4.78, 5) is 6.54. The van der Waals surface area contributed by atoms with Gasteiger partial charge in [-0.3, -0.25) is 9.58 Å². The van der Waals surface area contributed by atoms with Crippen LogP contribution in [0.3, 0.4) is 0 Å². The number of aliphatic hydroxyl groups is 1. The standard InChI is InChI=1S/C19H27N5O2/c1-14-8-15(2)24(21-14)12-18(25)11-23(13-19-6-5-7-26-19)10-17-9-20-16(3)22(17)4/h5-9,18,25H,10-13H2,1-4H3. The second-order valence-electron chi connectivity index (χ2n) is 6.87. The summed E-state index contributed by atoms with van der Waals surface area (Å²) >= 11 is 0. The molecule has 0 aromatic carbocycles. The van der Waals surface area contributed by atoms with Crippen LogP contribution in [0.1, 0.15) is 28.7 Å². The molecule has 0 bridgehead atoms.